The fraction of sp³-hybridized carbons (Fsp3) is 0.417. The Kier molecular flexibility index (Phi) is 5.87. The molecule has 0 radical (unpaired) electrons. The number of ether oxygens (including phenoxy) is 1. The fourth-order valence-electron chi connectivity index (χ4n) is 1.39. The zero-order valence-corrected chi connectivity index (χ0v) is 12.2. The lowest BCUT2D eigenvalue weighted by Crippen LogP contribution is -2.49. The molecule has 0 saturated carbocycles. The van der Waals surface area contributed by atoms with Crippen LogP contribution in [-0.2, 0) is 9.63 Å². The Morgan fingerprint density at radius 2 is 2.11 bits per heavy atom. The Labute approximate surface area is 121 Å². The standard InChI is InChI=1S/C12H16Cl2N2O3/c1-12(2,7-19-15)16-11(17)6-18-10-4-3-8(13)5-9(10)14/h3-5H,6-7,15H2,1-2H3,(H,16,17). The highest BCUT2D eigenvalue weighted by atomic mass is 35.5. The molecule has 19 heavy (non-hydrogen) atoms. The van der Waals surface area contributed by atoms with Crippen molar-refractivity contribution in [1.82, 2.24) is 5.32 Å². The average Bonchev–Trinajstić information content (AvgIpc) is 2.26. The molecule has 0 heterocycles. The van der Waals surface area contributed by atoms with Gasteiger partial charge in [-0.1, -0.05) is 23.2 Å². The van der Waals surface area contributed by atoms with Crippen molar-refractivity contribution in [3.05, 3.63) is 28.2 Å². The van der Waals surface area contributed by atoms with Crippen LogP contribution in [0.5, 0.6) is 5.75 Å². The van der Waals surface area contributed by atoms with Crippen LogP contribution in [0.3, 0.4) is 0 Å². The molecular weight excluding hydrogens is 291 g/mol. The molecule has 0 bridgehead atoms. The van der Waals surface area contributed by atoms with E-state index in [9.17, 15) is 4.79 Å². The molecule has 7 heteroatoms. The molecule has 0 saturated heterocycles. The van der Waals surface area contributed by atoms with Crippen LogP contribution in [-0.4, -0.2) is 24.7 Å². The van der Waals surface area contributed by atoms with E-state index in [4.69, 9.17) is 33.8 Å². The fourth-order valence-corrected chi connectivity index (χ4v) is 1.86. The first kappa shape index (κ1) is 16.0. The summed E-state index contributed by atoms with van der Waals surface area (Å²) >= 11 is 11.7. The van der Waals surface area contributed by atoms with Crippen LogP contribution in [0.25, 0.3) is 0 Å². The first-order valence-corrected chi connectivity index (χ1v) is 6.30. The second kappa shape index (κ2) is 6.96. The predicted octanol–water partition coefficient (Wildman–Crippen LogP) is 2.16. The molecule has 0 unspecified atom stereocenters. The highest BCUT2D eigenvalue weighted by Crippen LogP contribution is 2.27. The highest BCUT2D eigenvalue weighted by Gasteiger charge is 2.20. The summed E-state index contributed by atoms with van der Waals surface area (Å²) in [5.74, 6) is 5.08. The van der Waals surface area contributed by atoms with Crippen LogP contribution in [0.15, 0.2) is 18.2 Å². The third-order valence-corrected chi connectivity index (χ3v) is 2.71. The quantitative estimate of drug-likeness (QED) is 0.790. The Bertz CT molecular complexity index is 453. The van der Waals surface area contributed by atoms with E-state index in [0.29, 0.717) is 15.8 Å². The first-order chi connectivity index (χ1) is 8.84. The first-order valence-electron chi connectivity index (χ1n) is 5.54. The normalized spacial score (nSPS) is 11.2. The molecule has 0 atom stereocenters. The molecule has 0 aliphatic heterocycles. The molecule has 5 nitrogen and oxygen atoms in total. The molecule has 106 valence electrons. The van der Waals surface area contributed by atoms with Crippen molar-refractivity contribution >= 4 is 29.1 Å². The van der Waals surface area contributed by atoms with E-state index < -0.39 is 5.54 Å². The van der Waals surface area contributed by atoms with Gasteiger partial charge < -0.3 is 14.9 Å². The van der Waals surface area contributed by atoms with Crippen LogP contribution in [0.1, 0.15) is 13.8 Å². The van der Waals surface area contributed by atoms with E-state index in [1.54, 1.807) is 32.0 Å². The lowest BCUT2D eigenvalue weighted by atomic mass is 10.1. The number of amides is 1. The third kappa shape index (κ3) is 5.65. The average molecular weight is 307 g/mol. The maximum Gasteiger partial charge on any atom is 0.258 e. The van der Waals surface area contributed by atoms with Crippen molar-refractivity contribution in [2.45, 2.75) is 19.4 Å². The number of carbonyl (C=O) groups is 1. The van der Waals surface area contributed by atoms with Gasteiger partial charge in [0.05, 0.1) is 17.2 Å². The lowest BCUT2D eigenvalue weighted by Gasteiger charge is -2.24. The van der Waals surface area contributed by atoms with E-state index in [1.807, 2.05) is 0 Å². The minimum atomic E-state index is -0.570. The van der Waals surface area contributed by atoms with Gasteiger partial charge in [0.1, 0.15) is 5.75 Å². The van der Waals surface area contributed by atoms with Gasteiger partial charge in [0.25, 0.3) is 5.91 Å². The highest BCUT2D eigenvalue weighted by molar-refractivity contribution is 6.35. The van der Waals surface area contributed by atoms with E-state index in [2.05, 4.69) is 10.2 Å². The topological polar surface area (TPSA) is 73.6 Å². The van der Waals surface area contributed by atoms with Crippen molar-refractivity contribution in [3.63, 3.8) is 0 Å². The minimum Gasteiger partial charge on any atom is -0.482 e. The van der Waals surface area contributed by atoms with Crippen molar-refractivity contribution in [2.24, 2.45) is 5.90 Å². The maximum absolute atomic E-state index is 11.7. The number of nitrogens with two attached hydrogens (primary N) is 1. The Morgan fingerprint density at radius 3 is 2.68 bits per heavy atom. The number of nitrogens with one attached hydrogen (secondary N) is 1. The summed E-state index contributed by atoms with van der Waals surface area (Å²) in [4.78, 5) is 16.2. The molecule has 0 fully saturated rings. The molecule has 0 aromatic heterocycles. The van der Waals surface area contributed by atoms with E-state index in [0.717, 1.165) is 0 Å². The summed E-state index contributed by atoms with van der Waals surface area (Å²) in [6.07, 6.45) is 0. The van der Waals surface area contributed by atoms with Crippen LogP contribution < -0.4 is 16.0 Å². The summed E-state index contributed by atoms with van der Waals surface area (Å²) in [5.41, 5.74) is -0.570. The Hall–Kier alpha value is -1.01. The SMILES string of the molecule is CC(C)(CON)NC(=O)COc1ccc(Cl)cc1Cl. The van der Waals surface area contributed by atoms with Crippen LogP contribution in [0.4, 0.5) is 0 Å². The van der Waals surface area contributed by atoms with Crippen LogP contribution >= 0.6 is 23.2 Å². The van der Waals surface area contributed by atoms with Gasteiger partial charge in [-0.05, 0) is 32.0 Å². The van der Waals surface area contributed by atoms with Gasteiger partial charge in [-0.3, -0.25) is 4.79 Å². The Morgan fingerprint density at radius 1 is 1.42 bits per heavy atom. The Balaban J connectivity index is 2.50. The van der Waals surface area contributed by atoms with Crippen LogP contribution in [0.2, 0.25) is 10.0 Å². The van der Waals surface area contributed by atoms with Gasteiger partial charge in [-0.2, -0.15) is 0 Å². The molecule has 0 spiro atoms. The lowest BCUT2D eigenvalue weighted by molar-refractivity contribution is -0.125. The van der Waals surface area contributed by atoms with Gasteiger partial charge >= 0.3 is 0 Å². The van der Waals surface area contributed by atoms with E-state index in [-0.39, 0.29) is 19.1 Å². The smallest absolute Gasteiger partial charge is 0.258 e. The number of hydrogen-bond donors (Lipinski definition) is 2. The van der Waals surface area contributed by atoms with Gasteiger partial charge in [0.15, 0.2) is 6.61 Å². The van der Waals surface area contributed by atoms with Gasteiger partial charge in [-0.15, -0.1) is 0 Å². The minimum absolute atomic E-state index is 0.157. The van der Waals surface area contributed by atoms with Crippen molar-refractivity contribution in [1.29, 1.82) is 0 Å². The molecule has 1 aromatic carbocycles. The largest absolute Gasteiger partial charge is 0.482 e. The van der Waals surface area contributed by atoms with Crippen LogP contribution in [0, 0.1) is 0 Å². The summed E-state index contributed by atoms with van der Waals surface area (Å²) in [6.45, 7) is 3.61. The molecular formula is C12H16Cl2N2O3. The number of halogens is 2. The van der Waals surface area contributed by atoms with E-state index >= 15 is 0 Å². The van der Waals surface area contributed by atoms with E-state index in [1.165, 1.54) is 0 Å². The zero-order valence-electron chi connectivity index (χ0n) is 10.7. The second-order valence-corrected chi connectivity index (χ2v) is 5.45. The molecule has 0 aliphatic rings. The summed E-state index contributed by atoms with van der Waals surface area (Å²) in [6, 6.07) is 4.78. The summed E-state index contributed by atoms with van der Waals surface area (Å²) < 4.78 is 5.30. The zero-order chi connectivity index (χ0) is 14.5. The molecule has 3 N–H and O–H groups in total. The van der Waals surface area contributed by atoms with Crippen molar-refractivity contribution in [2.75, 3.05) is 13.2 Å². The molecule has 1 rings (SSSR count). The van der Waals surface area contributed by atoms with Crippen molar-refractivity contribution < 1.29 is 14.4 Å². The third-order valence-electron chi connectivity index (χ3n) is 2.17. The second-order valence-electron chi connectivity index (χ2n) is 4.61. The predicted molar refractivity (Wildman–Crippen MR) is 74.3 cm³/mol. The number of carbonyl (C=O) groups excluding carboxylic acids is 1. The number of hydrogen-bond acceptors (Lipinski definition) is 4. The maximum atomic E-state index is 11.7. The molecule has 1 aromatic rings. The number of benzene rings is 1. The van der Waals surface area contributed by atoms with Gasteiger partial charge in [0.2, 0.25) is 0 Å². The molecule has 1 amide bonds. The molecule has 0 aliphatic carbocycles. The van der Waals surface area contributed by atoms with Crippen molar-refractivity contribution in [3.8, 4) is 5.75 Å². The summed E-state index contributed by atoms with van der Waals surface area (Å²) in [7, 11) is 0. The summed E-state index contributed by atoms with van der Waals surface area (Å²) in [5, 5.41) is 3.57. The van der Waals surface area contributed by atoms with Gasteiger partial charge in [-0.25, -0.2) is 5.90 Å². The van der Waals surface area contributed by atoms with Gasteiger partial charge in [0, 0.05) is 5.02 Å². The number of rotatable bonds is 6. The monoisotopic (exact) mass is 306 g/mol.